The lowest BCUT2D eigenvalue weighted by atomic mass is 10.1. The quantitative estimate of drug-likeness (QED) is 0.254. The molecule has 188 valence electrons. The monoisotopic (exact) mass is 485 g/mol. The van der Waals surface area contributed by atoms with E-state index >= 15 is 0 Å². The minimum Gasteiger partial charge on any atom is -0.497 e. The number of para-hydroxylation sites is 2. The second-order valence-corrected chi connectivity index (χ2v) is 9.01. The summed E-state index contributed by atoms with van der Waals surface area (Å²) in [4.78, 5) is 17.3. The standard InChI is InChI=1S/C30H35N3O3/c1-22-10-8-13-28(23(22)2)36-21-7-6-20-33-27-12-5-4-11-26(27)32-29(33)14-9-19-31-30(34)24-15-17-25(35-3)18-16-24/h4-5,8,10-13,15-18H,6-7,9,14,19-21H2,1-3H3,(H,31,34). The summed E-state index contributed by atoms with van der Waals surface area (Å²) >= 11 is 0. The number of fused-ring (bicyclic) bond motifs is 1. The zero-order chi connectivity index (χ0) is 25.3. The van der Waals surface area contributed by atoms with Gasteiger partial charge in [0.1, 0.15) is 17.3 Å². The first-order chi connectivity index (χ1) is 17.6. The Balaban J connectivity index is 1.29. The van der Waals surface area contributed by atoms with Gasteiger partial charge in [-0.1, -0.05) is 24.3 Å². The molecule has 0 aliphatic carbocycles. The number of hydrogen-bond donors (Lipinski definition) is 1. The Hall–Kier alpha value is -3.80. The smallest absolute Gasteiger partial charge is 0.251 e. The number of methoxy groups -OCH3 is 1. The Morgan fingerprint density at radius 1 is 0.944 bits per heavy atom. The third-order valence-corrected chi connectivity index (χ3v) is 6.54. The number of unbranched alkanes of at least 4 members (excludes halogenated alkanes) is 1. The minimum atomic E-state index is -0.0741. The summed E-state index contributed by atoms with van der Waals surface area (Å²) in [6.45, 7) is 6.40. The zero-order valence-corrected chi connectivity index (χ0v) is 21.4. The molecule has 1 aromatic heterocycles. The van der Waals surface area contributed by atoms with Crippen molar-refractivity contribution in [1.29, 1.82) is 0 Å². The minimum absolute atomic E-state index is 0.0741. The van der Waals surface area contributed by atoms with E-state index in [1.807, 2.05) is 18.2 Å². The van der Waals surface area contributed by atoms with Gasteiger partial charge in [0.15, 0.2) is 0 Å². The molecule has 4 rings (SSSR count). The summed E-state index contributed by atoms with van der Waals surface area (Å²) in [5, 5.41) is 3.01. The molecule has 0 aliphatic rings. The molecule has 0 radical (unpaired) electrons. The van der Waals surface area contributed by atoms with Crippen LogP contribution in [0.25, 0.3) is 11.0 Å². The molecule has 0 spiro atoms. The Morgan fingerprint density at radius 3 is 2.56 bits per heavy atom. The van der Waals surface area contributed by atoms with Gasteiger partial charge >= 0.3 is 0 Å². The lowest BCUT2D eigenvalue weighted by molar-refractivity contribution is 0.0953. The molecule has 6 heteroatoms. The van der Waals surface area contributed by atoms with Gasteiger partial charge in [0, 0.05) is 25.1 Å². The number of carbonyl (C=O) groups is 1. The van der Waals surface area contributed by atoms with Crippen molar-refractivity contribution < 1.29 is 14.3 Å². The fourth-order valence-corrected chi connectivity index (χ4v) is 4.29. The molecule has 0 fully saturated rings. The van der Waals surface area contributed by atoms with E-state index in [0.29, 0.717) is 18.7 Å². The van der Waals surface area contributed by atoms with E-state index in [2.05, 4.69) is 48.0 Å². The number of nitrogens with zero attached hydrogens (tertiary/aromatic N) is 2. The van der Waals surface area contributed by atoms with Crippen LogP contribution in [-0.4, -0.2) is 35.7 Å². The molecule has 1 amide bonds. The highest BCUT2D eigenvalue weighted by molar-refractivity contribution is 5.94. The fraction of sp³-hybridized carbons (Fsp3) is 0.333. The van der Waals surface area contributed by atoms with E-state index < -0.39 is 0 Å². The number of aryl methyl sites for hydroxylation is 3. The van der Waals surface area contributed by atoms with Crippen LogP contribution in [0.3, 0.4) is 0 Å². The van der Waals surface area contributed by atoms with Crippen molar-refractivity contribution in [2.75, 3.05) is 20.3 Å². The van der Waals surface area contributed by atoms with Crippen LogP contribution < -0.4 is 14.8 Å². The lowest BCUT2D eigenvalue weighted by Crippen LogP contribution is -2.25. The van der Waals surface area contributed by atoms with Crippen molar-refractivity contribution in [1.82, 2.24) is 14.9 Å². The van der Waals surface area contributed by atoms with Gasteiger partial charge in [0.2, 0.25) is 0 Å². The zero-order valence-electron chi connectivity index (χ0n) is 21.4. The van der Waals surface area contributed by atoms with Gasteiger partial charge in [-0.15, -0.1) is 0 Å². The molecule has 6 nitrogen and oxygen atoms in total. The Bertz CT molecular complexity index is 1290. The number of rotatable bonds is 12. The highest BCUT2D eigenvalue weighted by Gasteiger charge is 2.11. The van der Waals surface area contributed by atoms with E-state index in [9.17, 15) is 4.79 Å². The maximum atomic E-state index is 12.4. The number of carbonyl (C=O) groups excluding carboxylic acids is 1. The molecule has 4 aromatic rings. The topological polar surface area (TPSA) is 65.4 Å². The maximum absolute atomic E-state index is 12.4. The number of aromatic nitrogens is 2. The second-order valence-electron chi connectivity index (χ2n) is 9.01. The van der Waals surface area contributed by atoms with Crippen molar-refractivity contribution in [3.05, 3.63) is 89.2 Å². The van der Waals surface area contributed by atoms with Crippen molar-refractivity contribution >= 4 is 16.9 Å². The van der Waals surface area contributed by atoms with Gasteiger partial charge < -0.3 is 19.4 Å². The molecule has 1 heterocycles. The summed E-state index contributed by atoms with van der Waals surface area (Å²) < 4.78 is 13.5. The maximum Gasteiger partial charge on any atom is 0.251 e. The van der Waals surface area contributed by atoms with E-state index in [1.54, 1.807) is 31.4 Å². The van der Waals surface area contributed by atoms with E-state index in [4.69, 9.17) is 14.5 Å². The Labute approximate surface area is 213 Å². The third kappa shape index (κ3) is 6.25. The highest BCUT2D eigenvalue weighted by atomic mass is 16.5. The van der Waals surface area contributed by atoms with Crippen LogP contribution in [0.5, 0.6) is 11.5 Å². The summed E-state index contributed by atoms with van der Waals surface area (Å²) in [7, 11) is 1.61. The number of amides is 1. The number of hydrogen-bond acceptors (Lipinski definition) is 4. The molecule has 1 N–H and O–H groups in total. The number of ether oxygens (including phenoxy) is 2. The van der Waals surface area contributed by atoms with E-state index in [0.717, 1.165) is 60.6 Å². The lowest BCUT2D eigenvalue weighted by Gasteiger charge is -2.12. The SMILES string of the molecule is COc1ccc(C(=O)NCCCc2nc3ccccc3n2CCCCOc2cccc(C)c2C)cc1. The normalized spacial score (nSPS) is 11.0. The summed E-state index contributed by atoms with van der Waals surface area (Å²) in [6.07, 6.45) is 3.60. The predicted molar refractivity (Wildman–Crippen MR) is 144 cm³/mol. The molecule has 0 saturated carbocycles. The van der Waals surface area contributed by atoms with Gasteiger partial charge in [0.05, 0.1) is 24.8 Å². The summed E-state index contributed by atoms with van der Waals surface area (Å²) in [5.74, 6) is 2.70. The van der Waals surface area contributed by atoms with Gasteiger partial charge in [-0.3, -0.25) is 4.79 Å². The van der Waals surface area contributed by atoms with Gasteiger partial charge in [-0.25, -0.2) is 4.98 Å². The van der Waals surface area contributed by atoms with E-state index in [-0.39, 0.29) is 5.91 Å². The van der Waals surface area contributed by atoms with Crippen molar-refractivity contribution in [3.8, 4) is 11.5 Å². The van der Waals surface area contributed by atoms with Crippen LogP contribution in [0.2, 0.25) is 0 Å². The average molecular weight is 486 g/mol. The van der Waals surface area contributed by atoms with Crippen LogP contribution in [-0.2, 0) is 13.0 Å². The van der Waals surface area contributed by atoms with Crippen LogP contribution in [0, 0.1) is 13.8 Å². The highest BCUT2D eigenvalue weighted by Crippen LogP contribution is 2.21. The van der Waals surface area contributed by atoms with Crippen molar-refractivity contribution in [2.45, 2.75) is 46.1 Å². The van der Waals surface area contributed by atoms with Crippen LogP contribution >= 0.6 is 0 Å². The molecule has 36 heavy (non-hydrogen) atoms. The largest absolute Gasteiger partial charge is 0.497 e. The molecule has 0 atom stereocenters. The number of imidazole rings is 1. The van der Waals surface area contributed by atoms with Crippen LogP contribution in [0.1, 0.15) is 46.6 Å². The molecular weight excluding hydrogens is 450 g/mol. The molecule has 0 aliphatic heterocycles. The van der Waals surface area contributed by atoms with Gasteiger partial charge in [0.25, 0.3) is 5.91 Å². The molecule has 0 saturated heterocycles. The Morgan fingerprint density at radius 2 is 1.75 bits per heavy atom. The van der Waals surface area contributed by atoms with Gasteiger partial charge in [-0.2, -0.15) is 0 Å². The second kappa shape index (κ2) is 12.2. The third-order valence-electron chi connectivity index (χ3n) is 6.54. The average Bonchev–Trinajstić information content (AvgIpc) is 3.26. The first kappa shape index (κ1) is 25.3. The number of benzene rings is 3. The molecule has 0 unspecified atom stereocenters. The molecular formula is C30H35N3O3. The fourth-order valence-electron chi connectivity index (χ4n) is 4.29. The van der Waals surface area contributed by atoms with Crippen molar-refractivity contribution in [3.63, 3.8) is 0 Å². The summed E-state index contributed by atoms with van der Waals surface area (Å²) in [6, 6.07) is 21.6. The van der Waals surface area contributed by atoms with Gasteiger partial charge in [-0.05, 0) is 86.7 Å². The summed E-state index contributed by atoms with van der Waals surface area (Å²) in [5.41, 5.74) is 5.26. The first-order valence-electron chi connectivity index (χ1n) is 12.6. The Kier molecular flexibility index (Phi) is 8.61. The van der Waals surface area contributed by atoms with Crippen LogP contribution in [0.4, 0.5) is 0 Å². The van der Waals surface area contributed by atoms with Crippen molar-refractivity contribution in [2.24, 2.45) is 0 Å². The molecule has 0 bridgehead atoms. The van der Waals surface area contributed by atoms with E-state index in [1.165, 1.54) is 11.1 Å². The predicted octanol–water partition coefficient (Wildman–Crippen LogP) is 5.88. The van der Waals surface area contributed by atoms with Crippen LogP contribution in [0.15, 0.2) is 66.7 Å². The molecule has 3 aromatic carbocycles. The number of nitrogens with one attached hydrogen (secondary N) is 1. The first-order valence-corrected chi connectivity index (χ1v) is 12.6.